The van der Waals surface area contributed by atoms with Gasteiger partial charge in [0.1, 0.15) is 0 Å². The minimum Gasteiger partial charge on any atom is -0.490 e. The molecule has 1 atom stereocenters. The van der Waals surface area contributed by atoms with Crippen LogP contribution in [0.2, 0.25) is 0 Å². The molecule has 0 amide bonds. The summed E-state index contributed by atoms with van der Waals surface area (Å²) in [6.45, 7) is 6.92. The van der Waals surface area contributed by atoms with Crippen molar-refractivity contribution in [3.05, 3.63) is 29.6 Å². The summed E-state index contributed by atoms with van der Waals surface area (Å²) in [5.74, 6) is 0.771. The van der Waals surface area contributed by atoms with E-state index in [4.69, 9.17) is 4.74 Å². The lowest BCUT2D eigenvalue weighted by atomic mass is 10.1. The molecule has 1 unspecified atom stereocenters. The smallest absolute Gasteiger partial charge is 0.165 e. The summed E-state index contributed by atoms with van der Waals surface area (Å²) in [7, 11) is 1.86. The molecular formula is C15H24FNO. The maximum Gasteiger partial charge on any atom is 0.165 e. The molecule has 0 aliphatic heterocycles. The van der Waals surface area contributed by atoms with Crippen LogP contribution in [0.1, 0.15) is 45.2 Å². The Morgan fingerprint density at radius 1 is 1.28 bits per heavy atom. The maximum atomic E-state index is 13.8. The fourth-order valence-electron chi connectivity index (χ4n) is 1.84. The number of halogens is 1. The predicted molar refractivity (Wildman–Crippen MR) is 73.4 cm³/mol. The van der Waals surface area contributed by atoms with Gasteiger partial charge in [-0.25, -0.2) is 4.39 Å². The molecule has 102 valence electrons. The fourth-order valence-corrected chi connectivity index (χ4v) is 1.84. The Hall–Kier alpha value is -1.09. The molecule has 0 aromatic heterocycles. The highest BCUT2D eigenvalue weighted by Gasteiger charge is 2.14. The number of benzene rings is 1. The highest BCUT2D eigenvalue weighted by Crippen LogP contribution is 2.28. The molecule has 1 N–H and O–H groups in total. The first kappa shape index (κ1) is 15.0. The molecule has 0 aliphatic rings. The Bertz CT molecular complexity index is 366. The van der Waals surface area contributed by atoms with Crippen LogP contribution in [0.4, 0.5) is 4.39 Å². The van der Waals surface area contributed by atoms with Gasteiger partial charge in [0.15, 0.2) is 11.6 Å². The normalized spacial score (nSPS) is 12.8. The van der Waals surface area contributed by atoms with E-state index < -0.39 is 0 Å². The van der Waals surface area contributed by atoms with Crippen LogP contribution in [0.25, 0.3) is 0 Å². The minimum atomic E-state index is -0.279. The quantitative estimate of drug-likeness (QED) is 0.744. The first-order valence-corrected chi connectivity index (χ1v) is 6.64. The van der Waals surface area contributed by atoms with Gasteiger partial charge in [0.05, 0.1) is 6.61 Å². The fraction of sp³-hybridized carbons (Fsp3) is 0.600. The first-order valence-electron chi connectivity index (χ1n) is 6.64. The number of rotatable bonds is 7. The summed E-state index contributed by atoms with van der Waals surface area (Å²) in [5.41, 5.74) is 0.877. The second kappa shape index (κ2) is 7.37. The Labute approximate surface area is 110 Å². The van der Waals surface area contributed by atoms with Crippen LogP contribution in [0, 0.1) is 11.7 Å². The lowest BCUT2D eigenvalue weighted by molar-refractivity contribution is 0.279. The van der Waals surface area contributed by atoms with Crippen molar-refractivity contribution in [2.75, 3.05) is 13.7 Å². The third-order valence-corrected chi connectivity index (χ3v) is 3.07. The summed E-state index contributed by atoms with van der Waals surface area (Å²) in [6.07, 6.45) is 2.06. The van der Waals surface area contributed by atoms with E-state index in [9.17, 15) is 4.39 Å². The van der Waals surface area contributed by atoms with E-state index in [1.165, 1.54) is 6.07 Å². The van der Waals surface area contributed by atoms with Gasteiger partial charge in [-0.2, -0.15) is 0 Å². The summed E-state index contributed by atoms with van der Waals surface area (Å²) in [6, 6.07) is 5.16. The van der Waals surface area contributed by atoms with Gasteiger partial charge in [-0.05, 0) is 38.8 Å². The monoisotopic (exact) mass is 253 g/mol. The molecule has 0 bridgehead atoms. The van der Waals surface area contributed by atoms with Crippen molar-refractivity contribution in [3.8, 4) is 5.75 Å². The Balaban J connectivity index is 2.68. The van der Waals surface area contributed by atoms with Crippen molar-refractivity contribution in [3.63, 3.8) is 0 Å². The molecule has 18 heavy (non-hydrogen) atoms. The Kier molecular flexibility index (Phi) is 6.13. The molecule has 0 saturated carbocycles. The van der Waals surface area contributed by atoms with Crippen LogP contribution in [-0.2, 0) is 0 Å². The average molecular weight is 253 g/mol. The van der Waals surface area contributed by atoms with Crippen molar-refractivity contribution in [2.45, 2.75) is 39.7 Å². The molecule has 1 aromatic carbocycles. The zero-order valence-corrected chi connectivity index (χ0v) is 11.8. The summed E-state index contributed by atoms with van der Waals surface area (Å²) in [4.78, 5) is 0. The van der Waals surface area contributed by atoms with Crippen LogP contribution >= 0.6 is 0 Å². The Morgan fingerprint density at radius 3 is 2.61 bits per heavy atom. The van der Waals surface area contributed by atoms with Crippen LogP contribution in [0.15, 0.2) is 18.2 Å². The molecular weight excluding hydrogens is 229 g/mol. The van der Waals surface area contributed by atoms with Gasteiger partial charge < -0.3 is 10.1 Å². The topological polar surface area (TPSA) is 21.3 Å². The van der Waals surface area contributed by atoms with Crippen LogP contribution in [-0.4, -0.2) is 13.7 Å². The maximum absolute atomic E-state index is 13.8. The van der Waals surface area contributed by atoms with E-state index >= 15 is 0 Å². The second-order valence-corrected chi connectivity index (χ2v) is 5.05. The Morgan fingerprint density at radius 2 is 2.00 bits per heavy atom. The van der Waals surface area contributed by atoms with E-state index in [-0.39, 0.29) is 11.9 Å². The summed E-state index contributed by atoms with van der Waals surface area (Å²) >= 11 is 0. The highest BCUT2D eigenvalue weighted by molar-refractivity contribution is 5.37. The van der Waals surface area contributed by atoms with Crippen LogP contribution in [0.5, 0.6) is 5.75 Å². The molecule has 0 radical (unpaired) electrons. The molecule has 0 fully saturated rings. The lowest BCUT2D eigenvalue weighted by Crippen LogP contribution is -2.14. The lowest BCUT2D eigenvalue weighted by Gasteiger charge is -2.17. The number of para-hydroxylation sites is 1. The van der Waals surface area contributed by atoms with Crippen molar-refractivity contribution in [1.82, 2.24) is 5.32 Å². The molecule has 0 saturated heterocycles. The van der Waals surface area contributed by atoms with E-state index in [2.05, 4.69) is 19.2 Å². The molecule has 0 heterocycles. The number of ether oxygens (including phenoxy) is 1. The molecule has 3 heteroatoms. The SMILES string of the molecule is CNC(C)c1cccc(F)c1OCCCC(C)C. The second-order valence-electron chi connectivity index (χ2n) is 5.05. The van der Waals surface area contributed by atoms with Crippen molar-refractivity contribution >= 4 is 0 Å². The third-order valence-electron chi connectivity index (χ3n) is 3.07. The van der Waals surface area contributed by atoms with Crippen molar-refractivity contribution in [2.24, 2.45) is 5.92 Å². The molecule has 1 aromatic rings. The van der Waals surface area contributed by atoms with Crippen molar-refractivity contribution in [1.29, 1.82) is 0 Å². The van der Waals surface area contributed by atoms with E-state index in [0.717, 1.165) is 18.4 Å². The number of nitrogens with one attached hydrogen (secondary N) is 1. The van der Waals surface area contributed by atoms with E-state index in [1.54, 1.807) is 6.07 Å². The predicted octanol–water partition coefficient (Wildman–Crippen LogP) is 3.92. The van der Waals surface area contributed by atoms with Gasteiger partial charge in [0.2, 0.25) is 0 Å². The van der Waals surface area contributed by atoms with E-state index in [0.29, 0.717) is 18.3 Å². The van der Waals surface area contributed by atoms with Gasteiger partial charge in [0.25, 0.3) is 0 Å². The van der Waals surface area contributed by atoms with Gasteiger partial charge in [-0.15, -0.1) is 0 Å². The molecule has 1 rings (SSSR count). The first-order chi connectivity index (χ1) is 8.56. The van der Waals surface area contributed by atoms with E-state index in [1.807, 2.05) is 20.0 Å². The third kappa shape index (κ3) is 4.30. The van der Waals surface area contributed by atoms with Crippen LogP contribution < -0.4 is 10.1 Å². The summed E-state index contributed by atoms with van der Waals surface area (Å²) in [5, 5.41) is 3.11. The van der Waals surface area contributed by atoms with Crippen molar-refractivity contribution < 1.29 is 9.13 Å². The van der Waals surface area contributed by atoms with Gasteiger partial charge in [-0.1, -0.05) is 26.0 Å². The average Bonchev–Trinajstić information content (AvgIpc) is 2.34. The van der Waals surface area contributed by atoms with Crippen LogP contribution in [0.3, 0.4) is 0 Å². The molecule has 0 spiro atoms. The standard InChI is InChI=1S/C15H24FNO/c1-11(2)7-6-10-18-15-13(12(3)17-4)8-5-9-14(15)16/h5,8-9,11-12,17H,6-7,10H2,1-4H3. The summed E-state index contributed by atoms with van der Waals surface area (Å²) < 4.78 is 19.4. The molecule has 0 aliphatic carbocycles. The zero-order valence-electron chi connectivity index (χ0n) is 11.8. The minimum absolute atomic E-state index is 0.0841. The van der Waals surface area contributed by atoms with Gasteiger partial charge in [0, 0.05) is 11.6 Å². The molecule has 2 nitrogen and oxygen atoms in total. The number of hydrogen-bond acceptors (Lipinski definition) is 2. The van der Waals surface area contributed by atoms with Gasteiger partial charge in [-0.3, -0.25) is 0 Å². The number of hydrogen-bond donors (Lipinski definition) is 1. The highest BCUT2D eigenvalue weighted by atomic mass is 19.1. The zero-order chi connectivity index (χ0) is 13.5. The van der Waals surface area contributed by atoms with Gasteiger partial charge >= 0.3 is 0 Å². The largest absolute Gasteiger partial charge is 0.490 e.